The van der Waals surface area contributed by atoms with Crippen molar-refractivity contribution in [2.75, 3.05) is 6.79 Å². The van der Waals surface area contributed by atoms with Crippen LogP contribution in [-0.2, 0) is 5.41 Å². The van der Waals surface area contributed by atoms with Gasteiger partial charge in [0.25, 0.3) is 0 Å². The van der Waals surface area contributed by atoms with Crippen LogP contribution in [0.3, 0.4) is 0 Å². The summed E-state index contributed by atoms with van der Waals surface area (Å²) in [5, 5.41) is 0. The van der Waals surface area contributed by atoms with Gasteiger partial charge < -0.3 is 13.9 Å². The topological polar surface area (TPSA) is 56.9 Å². The third-order valence-corrected chi connectivity index (χ3v) is 5.36. The lowest BCUT2D eigenvalue weighted by Gasteiger charge is -2.18. The van der Waals surface area contributed by atoms with Gasteiger partial charge in [0.05, 0.1) is 5.69 Å². The molecule has 5 rings (SSSR count). The molecule has 0 aliphatic carbocycles. The van der Waals surface area contributed by atoms with Crippen LogP contribution < -0.4 is 9.47 Å². The van der Waals surface area contributed by atoms with E-state index in [0.717, 1.165) is 39.4 Å². The summed E-state index contributed by atoms with van der Waals surface area (Å²) in [5.41, 5.74) is 5.73. The van der Waals surface area contributed by atoms with Crippen LogP contribution in [0, 0.1) is 0 Å². The molecule has 0 fully saturated rings. The maximum absolute atomic E-state index is 5.96. The molecule has 5 heteroatoms. The molecule has 1 aromatic heterocycles. The van der Waals surface area contributed by atoms with Gasteiger partial charge in [-0.3, -0.25) is 4.99 Å². The van der Waals surface area contributed by atoms with Gasteiger partial charge in [-0.15, -0.1) is 0 Å². The van der Waals surface area contributed by atoms with Crippen molar-refractivity contribution in [3.8, 4) is 23.0 Å². The second-order valence-corrected chi connectivity index (χ2v) is 8.75. The number of hydrogen-bond acceptors (Lipinski definition) is 5. The Hall–Kier alpha value is -3.86. The third-order valence-electron chi connectivity index (χ3n) is 5.36. The minimum Gasteiger partial charge on any atom is -0.454 e. The first-order valence-corrected chi connectivity index (χ1v) is 10.6. The Bertz CT molecular complexity index is 1330. The molecule has 0 saturated heterocycles. The summed E-state index contributed by atoms with van der Waals surface area (Å²) in [6.07, 6.45) is 5.63. The molecule has 0 saturated carbocycles. The van der Waals surface area contributed by atoms with E-state index in [9.17, 15) is 0 Å². The van der Waals surface area contributed by atoms with Crippen LogP contribution in [0.4, 0.5) is 5.69 Å². The average molecular weight is 425 g/mol. The van der Waals surface area contributed by atoms with Gasteiger partial charge >= 0.3 is 0 Å². The molecule has 4 aromatic rings. The fourth-order valence-electron chi connectivity index (χ4n) is 3.53. The van der Waals surface area contributed by atoms with E-state index in [2.05, 4.69) is 55.0 Å². The Balaban J connectivity index is 1.31. The number of aliphatic imine (C=N–C) groups is 1. The normalized spacial score (nSPS) is 13.6. The molecule has 3 aromatic carbocycles. The largest absolute Gasteiger partial charge is 0.454 e. The fraction of sp³-hybridized carbons (Fsp3) is 0.185. The highest BCUT2D eigenvalue weighted by Crippen LogP contribution is 2.33. The number of oxazole rings is 1. The zero-order chi connectivity index (χ0) is 22.1. The van der Waals surface area contributed by atoms with Gasteiger partial charge in [-0.05, 0) is 65.1 Å². The Kier molecular flexibility index (Phi) is 5.02. The summed E-state index contributed by atoms with van der Waals surface area (Å²) in [7, 11) is 0. The standard InChI is InChI=1S/C27H24N2O3/c1-27(2,3)20-9-7-19(8-10-20)26-29-22-16-21(11-13-23(22)32-26)28-14-4-5-18-6-12-24-25(15-18)31-17-30-24/h4-16H,17H2,1-3H3/b5-4+,28-14?. The first-order chi connectivity index (χ1) is 15.5. The van der Waals surface area contributed by atoms with Crippen LogP contribution in [0.2, 0.25) is 0 Å². The van der Waals surface area contributed by atoms with E-state index in [1.54, 1.807) is 6.21 Å². The highest BCUT2D eigenvalue weighted by Gasteiger charge is 2.15. The number of fused-ring (bicyclic) bond motifs is 2. The average Bonchev–Trinajstić information content (AvgIpc) is 3.42. The second kappa shape index (κ2) is 8.00. The highest BCUT2D eigenvalue weighted by molar-refractivity contribution is 5.84. The molecule has 32 heavy (non-hydrogen) atoms. The molecule has 1 aliphatic rings. The van der Waals surface area contributed by atoms with Gasteiger partial charge in [-0.2, -0.15) is 0 Å². The van der Waals surface area contributed by atoms with Crippen LogP contribution in [-0.4, -0.2) is 18.0 Å². The highest BCUT2D eigenvalue weighted by atomic mass is 16.7. The van der Waals surface area contributed by atoms with Gasteiger partial charge in [0.1, 0.15) is 5.52 Å². The maximum Gasteiger partial charge on any atom is 0.231 e. The number of hydrogen-bond donors (Lipinski definition) is 0. The Labute approximate surface area is 187 Å². The van der Waals surface area contributed by atoms with Gasteiger partial charge in [-0.25, -0.2) is 4.98 Å². The second-order valence-electron chi connectivity index (χ2n) is 8.75. The molecule has 0 radical (unpaired) electrons. The first-order valence-electron chi connectivity index (χ1n) is 10.6. The van der Waals surface area contributed by atoms with Gasteiger partial charge in [0.2, 0.25) is 12.7 Å². The predicted octanol–water partition coefficient (Wildman–Crippen LogP) is 6.94. The van der Waals surface area contributed by atoms with Crippen LogP contribution in [0.1, 0.15) is 31.9 Å². The number of ether oxygens (including phenoxy) is 2. The summed E-state index contributed by atoms with van der Waals surface area (Å²) in [4.78, 5) is 9.18. The summed E-state index contributed by atoms with van der Waals surface area (Å²) < 4.78 is 16.7. The van der Waals surface area contributed by atoms with Crippen LogP contribution in [0.5, 0.6) is 11.5 Å². The minimum atomic E-state index is 0.115. The molecular formula is C27H24N2O3. The van der Waals surface area contributed by atoms with Crippen LogP contribution >= 0.6 is 0 Å². The molecule has 2 heterocycles. The first kappa shape index (κ1) is 20.1. The SMILES string of the molecule is CC(C)(C)c1ccc(-c2nc3cc(N=C/C=C/c4ccc5c(c4)OCO5)ccc3o2)cc1. The third kappa shape index (κ3) is 4.14. The molecule has 0 N–H and O–H groups in total. The number of aromatic nitrogens is 1. The fourth-order valence-corrected chi connectivity index (χ4v) is 3.53. The molecule has 0 unspecified atom stereocenters. The summed E-state index contributed by atoms with van der Waals surface area (Å²) >= 11 is 0. The summed E-state index contributed by atoms with van der Waals surface area (Å²) in [5.74, 6) is 2.16. The maximum atomic E-state index is 5.96. The molecule has 5 nitrogen and oxygen atoms in total. The molecule has 0 atom stereocenters. The smallest absolute Gasteiger partial charge is 0.231 e. The van der Waals surface area contributed by atoms with Gasteiger partial charge in [0, 0.05) is 11.8 Å². The lowest BCUT2D eigenvalue weighted by atomic mass is 9.87. The van der Waals surface area contributed by atoms with Crippen LogP contribution in [0.25, 0.3) is 28.6 Å². The Morgan fingerprint density at radius 2 is 1.72 bits per heavy atom. The van der Waals surface area contributed by atoms with Gasteiger partial charge in [0.15, 0.2) is 17.1 Å². The van der Waals surface area contributed by atoms with E-state index < -0.39 is 0 Å². The molecular weight excluding hydrogens is 400 g/mol. The van der Waals surface area contributed by atoms with E-state index in [1.807, 2.05) is 48.6 Å². The summed E-state index contributed by atoms with van der Waals surface area (Å²) in [6.45, 7) is 6.88. The van der Waals surface area contributed by atoms with Crippen molar-refractivity contribution >= 4 is 29.1 Å². The van der Waals surface area contributed by atoms with Crippen molar-refractivity contribution < 1.29 is 13.9 Å². The van der Waals surface area contributed by atoms with Crippen molar-refractivity contribution in [3.63, 3.8) is 0 Å². The van der Waals surface area contributed by atoms with Crippen molar-refractivity contribution in [3.05, 3.63) is 77.9 Å². The number of rotatable bonds is 4. The van der Waals surface area contributed by atoms with Gasteiger partial charge in [-0.1, -0.05) is 45.0 Å². The minimum absolute atomic E-state index is 0.115. The number of allylic oxidation sites excluding steroid dienone is 1. The van der Waals surface area contributed by atoms with E-state index >= 15 is 0 Å². The van der Waals surface area contributed by atoms with E-state index in [0.29, 0.717) is 5.89 Å². The lowest BCUT2D eigenvalue weighted by Crippen LogP contribution is -2.10. The lowest BCUT2D eigenvalue weighted by molar-refractivity contribution is 0.174. The van der Waals surface area contributed by atoms with Crippen molar-refractivity contribution in [1.29, 1.82) is 0 Å². The Morgan fingerprint density at radius 3 is 2.53 bits per heavy atom. The zero-order valence-corrected chi connectivity index (χ0v) is 18.3. The molecule has 0 amide bonds. The molecule has 160 valence electrons. The quantitative estimate of drug-likeness (QED) is 0.333. The predicted molar refractivity (Wildman–Crippen MR) is 128 cm³/mol. The summed E-state index contributed by atoms with van der Waals surface area (Å²) in [6, 6.07) is 20.0. The van der Waals surface area contributed by atoms with E-state index in [4.69, 9.17) is 13.9 Å². The van der Waals surface area contributed by atoms with Crippen LogP contribution in [0.15, 0.2) is 76.1 Å². The van der Waals surface area contributed by atoms with Crippen molar-refractivity contribution in [2.45, 2.75) is 26.2 Å². The number of benzene rings is 3. The number of nitrogens with zero attached hydrogens (tertiary/aromatic N) is 2. The van der Waals surface area contributed by atoms with E-state index in [1.165, 1.54) is 5.56 Å². The monoisotopic (exact) mass is 424 g/mol. The van der Waals surface area contributed by atoms with Crippen molar-refractivity contribution in [1.82, 2.24) is 4.98 Å². The molecule has 0 bridgehead atoms. The molecule has 1 aliphatic heterocycles. The molecule has 0 spiro atoms. The van der Waals surface area contributed by atoms with Crippen molar-refractivity contribution in [2.24, 2.45) is 4.99 Å². The zero-order valence-electron chi connectivity index (χ0n) is 18.3. The van der Waals surface area contributed by atoms with E-state index in [-0.39, 0.29) is 12.2 Å². The Morgan fingerprint density at radius 1 is 0.906 bits per heavy atom.